The van der Waals surface area contributed by atoms with Gasteiger partial charge in [0.1, 0.15) is 0 Å². The van der Waals surface area contributed by atoms with E-state index in [9.17, 15) is 21.8 Å². The van der Waals surface area contributed by atoms with E-state index >= 15 is 0 Å². The van der Waals surface area contributed by atoms with Gasteiger partial charge in [-0.2, -0.15) is 0 Å². The first-order chi connectivity index (χ1) is 12.7. The van der Waals surface area contributed by atoms with Crippen molar-refractivity contribution in [2.24, 2.45) is 0 Å². The normalized spacial score (nSPS) is 12.1. The lowest BCUT2D eigenvalue weighted by molar-refractivity contribution is -0.921. The van der Waals surface area contributed by atoms with Crippen molar-refractivity contribution in [2.45, 2.75) is 98.3 Å². The molecule has 0 aromatic carbocycles. The Hall–Kier alpha value is -0.270. The number of hydrogen-bond acceptors (Lipinski definition) is 3. The molecule has 0 spiro atoms. The zero-order valence-corrected chi connectivity index (χ0v) is 18.8. The van der Waals surface area contributed by atoms with E-state index in [0.29, 0.717) is 12.8 Å². The second-order valence-electron chi connectivity index (χ2n) is 7.23. The molecule has 4 nitrogen and oxygen atoms in total. The number of alkyl halides is 2. The molecule has 0 radical (unpaired) electrons. The minimum absolute atomic E-state index is 0.00364. The SMILES string of the molecule is CC[N+](CC)(CC)CC.O=S(=O)([O-])CCCCCCCCCCCC(F)F. The van der Waals surface area contributed by atoms with Crippen LogP contribution in [0.1, 0.15) is 91.9 Å². The van der Waals surface area contributed by atoms with E-state index in [-0.39, 0.29) is 12.2 Å². The van der Waals surface area contributed by atoms with Crippen molar-refractivity contribution >= 4 is 10.1 Å². The monoisotopic (exact) mass is 415 g/mol. The average molecular weight is 416 g/mol. The van der Waals surface area contributed by atoms with Crippen molar-refractivity contribution in [1.29, 1.82) is 0 Å². The molecule has 0 saturated heterocycles. The minimum atomic E-state index is -4.05. The molecule has 0 amide bonds. The first-order valence-corrected chi connectivity index (χ1v) is 12.3. The van der Waals surface area contributed by atoms with Crippen LogP contribution >= 0.6 is 0 Å². The molecule has 0 aliphatic rings. The van der Waals surface area contributed by atoms with Crippen LogP contribution in [0.2, 0.25) is 0 Å². The summed E-state index contributed by atoms with van der Waals surface area (Å²) in [5.41, 5.74) is 0. The van der Waals surface area contributed by atoms with Crippen LogP contribution in [0.25, 0.3) is 0 Å². The molecule has 0 atom stereocenters. The van der Waals surface area contributed by atoms with Crippen LogP contribution < -0.4 is 0 Å². The van der Waals surface area contributed by atoms with Crippen molar-refractivity contribution < 1.29 is 26.2 Å². The van der Waals surface area contributed by atoms with Crippen molar-refractivity contribution in [3.8, 4) is 0 Å². The third kappa shape index (κ3) is 20.3. The Kier molecular flexibility index (Phi) is 19.1. The maximum Gasteiger partial charge on any atom is 0.238 e. The van der Waals surface area contributed by atoms with Gasteiger partial charge in [-0.1, -0.05) is 44.9 Å². The van der Waals surface area contributed by atoms with Gasteiger partial charge in [-0.3, -0.25) is 0 Å². The Balaban J connectivity index is 0. The van der Waals surface area contributed by atoms with E-state index in [0.717, 1.165) is 44.9 Å². The molecular weight excluding hydrogens is 372 g/mol. The fourth-order valence-corrected chi connectivity index (χ4v) is 3.71. The fraction of sp³-hybridized carbons (Fsp3) is 1.00. The van der Waals surface area contributed by atoms with Crippen LogP contribution in [0.15, 0.2) is 0 Å². The molecule has 0 aliphatic heterocycles. The first kappa shape index (κ1) is 28.9. The molecule has 166 valence electrons. The van der Waals surface area contributed by atoms with Gasteiger partial charge >= 0.3 is 0 Å². The highest BCUT2D eigenvalue weighted by Gasteiger charge is 2.16. The summed E-state index contributed by atoms with van der Waals surface area (Å²) in [5, 5.41) is 0. The predicted molar refractivity (Wildman–Crippen MR) is 109 cm³/mol. The van der Waals surface area contributed by atoms with Gasteiger partial charge < -0.3 is 9.04 Å². The van der Waals surface area contributed by atoms with Crippen LogP contribution in [-0.4, -0.2) is 55.8 Å². The summed E-state index contributed by atoms with van der Waals surface area (Å²) in [6.07, 6.45) is 5.54. The molecule has 0 aromatic rings. The van der Waals surface area contributed by atoms with Crippen LogP contribution in [0, 0.1) is 0 Å². The van der Waals surface area contributed by atoms with E-state index in [2.05, 4.69) is 27.7 Å². The highest BCUT2D eigenvalue weighted by atomic mass is 32.2. The highest BCUT2D eigenvalue weighted by molar-refractivity contribution is 7.85. The van der Waals surface area contributed by atoms with E-state index in [1.54, 1.807) is 0 Å². The molecule has 0 aliphatic carbocycles. The Morgan fingerprint density at radius 2 is 1.04 bits per heavy atom. The molecule has 0 heterocycles. The third-order valence-electron chi connectivity index (χ3n) is 5.50. The van der Waals surface area contributed by atoms with Crippen molar-refractivity contribution in [3.05, 3.63) is 0 Å². The van der Waals surface area contributed by atoms with Gasteiger partial charge in [0.25, 0.3) is 0 Å². The lowest BCUT2D eigenvalue weighted by atomic mass is 10.1. The number of unbranched alkanes of at least 4 members (excludes halogenated alkanes) is 8. The number of nitrogens with zero attached hydrogens (tertiary/aromatic N) is 1. The van der Waals surface area contributed by atoms with Gasteiger partial charge in [-0.05, 0) is 40.5 Å². The number of halogens is 2. The molecule has 0 rings (SSSR count). The molecular formula is C20H43F2NO3S. The Bertz CT molecular complexity index is 396. The quantitative estimate of drug-likeness (QED) is 0.188. The summed E-state index contributed by atoms with van der Waals surface area (Å²) in [7, 11) is -4.05. The first-order valence-electron chi connectivity index (χ1n) is 10.7. The van der Waals surface area contributed by atoms with Gasteiger partial charge in [-0.25, -0.2) is 17.2 Å². The summed E-state index contributed by atoms with van der Waals surface area (Å²) >= 11 is 0. The standard InChI is InChI=1S/C12H24F2O3S.C8H20N/c13-12(14)10-8-6-4-2-1-3-5-7-9-11-18(15,16)17;1-5-9(6-2,7-3)8-4/h12H,1-11H2,(H,15,16,17);5-8H2,1-4H3/q;+1/p-1. The zero-order valence-electron chi connectivity index (χ0n) is 18.0. The third-order valence-corrected chi connectivity index (χ3v) is 6.29. The second kappa shape index (κ2) is 17.8. The van der Waals surface area contributed by atoms with Gasteiger partial charge in [-0.15, -0.1) is 0 Å². The van der Waals surface area contributed by atoms with Crippen molar-refractivity contribution in [1.82, 2.24) is 0 Å². The number of hydrogen-bond donors (Lipinski definition) is 0. The van der Waals surface area contributed by atoms with Gasteiger partial charge in [0.05, 0.1) is 36.3 Å². The number of rotatable bonds is 16. The van der Waals surface area contributed by atoms with E-state index in [4.69, 9.17) is 0 Å². The highest BCUT2D eigenvalue weighted by Crippen LogP contribution is 2.12. The predicted octanol–water partition coefficient (Wildman–Crippen LogP) is 5.58. The van der Waals surface area contributed by atoms with E-state index < -0.39 is 16.5 Å². The lowest BCUT2D eigenvalue weighted by Crippen LogP contribution is -2.47. The summed E-state index contributed by atoms with van der Waals surface area (Å²) in [5.74, 6) is -0.263. The molecule has 0 fully saturated rings. The van der Waals surface area contributed by atoms with Crippen molar-refractivity contribution in [2.75, 3.05) is 31.9 Å². The topological polar surface area (TPSA) is 57.2 Å². The average Bonchev–Trinajstić information content (AvgIpc) is 2.61. The van der Waals surface area contributed by atoms with Gasteiger partial charge in [0.15, 0.2) is 0 Å². The molecule has 7 heteroatoms. The second-order valence-corrected chi connectivity index (χ2v) is 8.75. The van der Waals surface area contributed by atoms with Crippen molar-refractivity contribution in [3.63, 3.8) is 0 Å². The maximum absolute atomic E-state index is 11.8. The lowest BCUT2D eigenvalue weighted by Gasteiger charge is -2.34. The van der Waals surface area contributed by atoms with E-state index in [1.165, 1.54) is 30.7 Å². The molecule has 0 saturated carbocycles. The van der Waals surface area contributed by atoms with Gasteiger partial charge in [0, 0.05) is 12.2 Å². The Labute approximate surface area is 167 Å². The maximum atomic E-state index is 11.8. The molecule has 0 aromatic heterocycles. The summed E-state index contributed by atoms with van der Waals surface area (Å²) in [6, 6.07) is 0. The van der Waals surface area contributed by atoms with Crippen LogP contribution in [0.3, 0.4) is 0 Å². The molecule has 0 bridgehead atoms. The number of quaternary nitrogens is 1. The molecule has 0 unspecified atom stereocenters. The largest absolute Gasteiger partial charge is 0.748 e. The Morgan fingerprint density at radius 3 is 1.30 bits per heavy atom. The van der Waals surface area contributed by atoms with E-state index in [1.807, 2.05) is 0 Å². The fourth-order valence-electron chi connectivity index (χ4n) is 3.16. The molecule has 0 N–H and O–H groups in total. The van der Waals surface area contributed by atoms with Crippen LogP contribution in [0.5, 0.6) is 0 Å². The summed E-state index contributed by atoms with van der Waals surface area (Å²) in [4.78, 5) is 0. The minimum Gasteiger partial charge on any atom is -0.748 e. The zero-order chi connectivity index (χ0) is 21.2. The van der Waals surface area contributed by atoms with Crippen LogP contribution in [0.4, 0.5) is 8.78 Å². The van der Waals surface area contributed by atoms with Gasteiger partial charge in [0.2, 0.25) is 6.43 Å². The Morgan fingerprint density at radius 1 is 0.704 bits per heavy atom. The molecule has 27 heavy (non-hydrogen) atoms. The van der Waals surface area contributed by atoms with Crippen LogP contribution in [-0.2, 0) is 10.1 Å². The summed E-state index contributed by atoms with van der Waals surface area (Å²) < 4.78 is 55.8. The summed E-state index contributed by atoms with van der Waals surface area (Å²) in [6.45, 7) is 14.2. The smallest absolute Gasteiger partial charge is 0.238 e.